The maximum absolute atomic E-state index is 12.3. The van der Waals surface area contributed by atoms with Gasteiger partial charge in [0.05, 0.1) is 16.8 Å². The second kappa shape index (κ2) is 5.58. The molecule has 4 heterocycles. The predicted molar refractivity (Wildman–Crippen MR) is 84.8 cm³/mol. The second-order valence-corrected chi connectivity index (χ2v) is 5.75. The molecule has 1 aliphatic heterocycles. The average molecular weight is 332 g/mol. The largest absolute Gasteiger partial charge is 0.472 e. The summed E-state index contributed by atoms with van der Waals surface area (Å²) in [4.78, 5) is 16.2. The Labute approximate surface area is 137 Å². The quantitative estimate of drug-likeness (QED) is 0.718. The van der Waals surface area contributed by atoms with Gasteiger partial charge in [-0.1, -0.05) is 11.6 Å². The molecule has 7 nitrogen and oxygen atoms in total. The highest BCUT2D eigenvalue weighted by atomic mass is 35.5. The number of fused-ring (bicyclic) bond motifs is 1. The van der Waals surface area contributed by atoms with Crippen molar-refractivity contribution in [1.82, 2.24) is 19.5 Å². The average Bonchev–Trinajstić information content (AvgIpc) is 3.25. The van der Waals surface area contributed by atoms with Crippen LogP contribution in [-0.4, -0.2) is 51.6 Å². The van der Waals surface area contributed by atoms with Crippen molar-refractivity contribution in [1.29, 1.82) is 0 Å². The molecular weight excluding hydrogens is 318 g/mol. The monoisotopic (exact) mass is 331 g/mol. The molecule has 118 valence electrons. The van der Waals surface area contributed by atoms with Crippen LogP contribution in [-0.2, 0) is 0 Å². The standard InChI is InChI=1S/C15H14ClN5O2/c16-12-2-1-4-21-13(12)17-18-15(21)20-7-5-19(6-8-20)14(22)11-3-9-23-10-11/h1-4,9-10H,5-8H2. The Bertz CT molecular complexity index is 837. The number of aromatic nitrogens is 3. The van der Waals surface area contributed by atoms with Crippen molar-refractivity contribution >= 4 is 29.1 Å². The number of hydrogen-bond donors (Lipinski definition) is 0. The van der Waals surface area contributed by atoms with E-state index < -0.39 is 0 Å². The Hall–Kier alpha value is -2.54. The first-order chi connectivity index (χ1) is 11.2. The van der Waals surface area contributed by atoms with Gasteiger partial charge in [-0.25, -0.2) is 0 Å². The zero-order valence-corrected chi connectivity index (χ0v) is 13.0. The van der Waals surface area contributed by atoms with Crippen molar-refractivity contribution in [2.24, 2.45) is 0 Å². The van der Waals surface area contributed by atoms with Gasteiger partial charge in [-0.3, -0.25) is 9.20 Å². The molecule has 0 aliphatic carbocycles. The molecule has 1 fully saturated rings. The van der Waals surface area contributed by atoms with E-state index in [1.807, 2.05) is 21.6 Å². The van der Waals surface area contributed by atoms with E-state index in [9.17, 15) is 4.79 Å². The van der Waals surface area contributed by atoms with Crippen LogP contribution < -0.4 is 4.90 Å². The fourth-order valence-electron chi connectivity index (χ4n) is 2.77. The number of anilines is 1. The minimum atomic E-state index is -0.00690. The number of nitrogens with zero attached hydrogens (tertiary/aromatic N) is 5. The third-order valence-electron chi connectivity index (χ3n) is 3.99. The van der Waals surface area contributed by atoms with E-state index in [0.29, 0.717) is 42.4 Å². The minimum Gasteiger partial charge on any atom is -0.472 e. The molecule has 1 aliphatic rings. The van der Waals surface area contributed by atoms with E-state index in [1.54, 1.807) is 12.1 Å². The first kappa shape index (κ1) is 14.1. The fourth-order valence-corrected chi connectivity index (χ4v) is 2.97. The smallest absolute Gasteiger partial charge is 0.257 e. The summed E-state index contributed by atoms with van der Waals surface area (Å²) in [6, 6.07) is 5.33. The third-order valence-corrected chi connectivity index (χ3v) is 4.28. The molecule has 0 radical (unpaired) electrons. The van der Waals surface area contributed by atoms with E-state index in [0.717, 1.165) is 5.95 Å². The summed E-state index contributed by atoms with van der Waals surface area (Å²) >= 11 is 6.13. The van der Waals surface area contributed by atoms with Crippen molar-refractivity contribution in [2.45, 2.75) is 0 Å². The number of hydrogen-bond acceptors (Lipinski definition) is 5. The highest BCUT2D eigenvalue weighted by Crippen LogP contribution is 2.21. The molecule has 3 aromatic rings. The summed E-state index contributed by atoms with van der Waals surface area (Å²) in [5.41, 5.74) is 1.22. The van der Waals surface area contributed by atoms with Gasteiger partial charge in [0.2, 0.25) is 5.95 Å². The molecule has 0 N–H and O–H groups in total. The number of carbonyl (C=O) groups is 1. The zero-order valence-electron chi connectivity index (χ0n) is 12.2. The van der Waals surface area contributed by atoms with Crippen LogP contribution in [0, 0.1) is 0 Å². The number of carbonyl (C=O) groups excluding carboxylic acids is 1. The summed E-state index contributed by atoms with van der Waals surface area (Å²) in [5.74, 6) is 0.741. The van der Waals surface area contributed by atoms with Gasteiger partial charge in [0, 0.05) is 32.4 Å². The first-order valence-electron chi connectivity index (χ1n) is 7.30. The summed E-state index contributed by atoms with van der Waals surface area (Å²) < 4.78 is 6.84. The molecule has 0 spiro atoms. The number of halogens is 1. The van der Waals surface area contributed by atoms with Crippen LogP contribution in [0.25, 0.3) is 5.65 Å². The van der Waals surface area contributed by atoms with Gasteiger partial charge in [0.25, 0.3) is 5.91 Å². The number of rotatable bonds is 2. The van der Waals surface area contributed by atoms with Crippen LogP contribution in [0.5, 0.6) is 0 Å². The van der Waals surface area contributed by atoms with Crippen LogP contribution >= 0.6 is 11.6 Å². The van der Waals surface area contributed by atoms with Crippen LogP contribution in [0.4, 0.5) is 5.95 Å². The van der Waals surface area contributed by atoms with Gasteiger partial charge >= 0.3 is 0 Å². The molecule has 3 aromatic heterocycles. The van der Waals surface area contributed by atoms with E-state index in [4.69, 9.17) is 16.0 Å². The summed E-state index contributed by atoms with van der Waals surface area (Å²) in [7, 11) is 0. The van der Waals surface area contributed by atoms with Gasteiger partial charge in [0.1, 0.15) is 6.26 Å². The Kier molecular flexibility index (Phi) is 3.42. The van der Waals surface area contributed by atoms with Crippen molar-refractivity contribution < 1.29 is 9.21 Å². The Morgan fingerprint density at radius 2 is 2.00 bits per heavy atom. The Morgan fingerprint density at radius 1 is 1.17 bits per heavy atom. The molecule has 0 aromatic carbocycles. The molecule has 1 amide bonds. The summed E-state index contributed by atoms with van der Waals surface area (Å²) in [6.07, 6.45) is 4.87. The third kappa shape index (κ3) is 2.43. The normalized spacial score (nSPS) is 15.3. The molecule has 1 saturated heterocycles. The molecule has 0 unspecified atom stereocenters. The fraction of sp³-hybridized carbons (Fsp3) is 0.267. The maximum atomic E-state index is 12.3. The van der Waals surface area contributed by atoms with Gasteiger partial charge in [-0.05, 0) is 18.2 Å². The predicted octanol–water partition coefficient (Wildman–Crippen LogP) is 1.94. The number of piperazine rings is 1. The molecule has 0 bridgehead atoms. The first-order valence-corrected chi connectivity index (χ1v) is 7.67. The van der Waals surface area contributed by atoms with Crippen LogP contribution in [0.1, 0.15) is 10.4 Å². The zero-order chi connectivity index (χ0) is 15.8. The van der Waals surface area contributed by atoms with Crippen LogP contribution in [0.15, 0.2) is 41.3 Å². The van der Waals surface area contributed by atoms with Crippen LogP contribution in [0.3, 0.4) is 0 Å². The highest BCUT2D eigenvalue weighted by molar-refractivity contribution is 6.33. The van der Waals surface area contributed by atoms with Gasteiger partial charge < -0.3 is 14.2 Å². The lowest BCUT2D eigenvalue weighted by Crippen LogP contribution is -2.49. The van der Waals surface area contributed by atoms with Crippen molar-refractivity contribution in [3.05, 3.63) is 47.5 Å². The number of furan rings is 1. The van der Waals surface area contributed by atoms with Crippen molar-refractivity contribution in [2.75, 3.05) is 31.1 Å². The number of pyridine rings is 1. The lowest BCUT2D eigenvalue weighted by Gasteiger charge is -2.34. The van der Waals surface area contributed by atoms with Gasteiger partial charge in [0.15, 0.2) is 5.65 Å². The molecule has 8 heteroatoms. The summed E-state index contributed by atoms with van der Waals surface area (Å²) in [5, 5.41) is 8.94. The van der Waals surface area contributed by atoms with Gasteiger partial charge in [-0.2, -0.15) is 0 Å². The van der Waals surface area contributed by atoms with E-state index in [2.05, 4.69) is 15.1 Å². The summed E-state index contributed by atoms with van der Waals surface area (Å²) in [6.45, 7) is 2.63. The van der Waals surface area contributed by atoms with E-state index in [1.165, 1.54) is 12.5 Å². The lowest BCUT2D eigenvalue weighted by molar-refractivity contribution is 0.0745. The van der Waals surface area contributed by atoms with E-state index in [-0.39, 0.29) is 5.91 Å². The molecular formula is C15H14ClN5O2. The molecule has 23 heavy (non-hydrogen) atoms. The van der Waals surface area contributed by atoms with Crippen molar-refractivity contribution in [3.63, 3.8) is 0 Å². The molecule has 0 atom stereocenters. The topological polar surface area (TPSA) is 66.9 Å². The van der Waals surface area contributed by atoms with Gasteiger partial charge in [-0.15, -0.1) is 10.2 Å². The Balaban J connectivity index is 1.51. The highest BCUT2D eigenvalue weighted by Gasteiger charge is 2.25. The lowest BCUT2D eigenvalue weighted by atomic mass is 10.2. The van der Waals surface area contributed by atoms with Crippen molar-refractivity contribution in [3.8, 4) is 0 Å². The number of amides is 1. The molecule has 4 rings (SSSR count). The SMILES string of the molecule is O=C(c1ccoc1)N1CCN(c2nnc3c(Cl)cccn23)CC1. The molecule has 0 saturated carbocycles. The van der Waals surface area contributed by atoms with E-state index >= 15 is 0 Å². The second-order valence-electron chi connectivity index (χ2n) is 5.34. The van der Waals surface area contributed by atoms with Crippen LogP contribution in [0.2, 0.25) is 5.02 Å². The maximum Gasteiger partial charge on any atom is 0.257 e. The Morgan fingerprint density at radius 3 is 2.74 bits per heavy atom. The minimum absolute atomic E-state index is 0.00690.